The fourth-order valence-electron chi connectivity index (χ4n) is 5.01. The highest BCUT2D eigenvalue weighted by atomic mass is 32.2. The van der Waals surface area contributed by atoms with Crippen LogP contribution in [0.5, 0.6) is 17.2 Å². The Labute approximate surface area is 245 Å². The molecule has 0 unspecified atom stereocenters. The Hall–Kier alpha value is -3.40. The molecular formula is C32H35NO6S2. The van der Waals surface area contributed by atoms with Crippen LogP contribution in [0.1, 0.15) is 54.9 Å². The minimum atomic E-state index is -3.66. The summed E-state index contributed by atoms with van der Waals surface area (Å²) >= 11 is 1.40. The highest BCUT2D eigenvalue weighted by molar-refractivity contribution is 7.87. The summed E-state index contributed by atoms with van der Waals surface area (Å²) in [5.74, 6) is 0.901. The van der Waals surface area contributed by atoms with Gasteiger partial charge in [-0.25, -0.2) is 0 Å². The summed E-state index contributed by atoms with van der Waals surface area (Å²) in [6, 6.07) is 18.9. The van der Waals surface area contributed by atoms with E-state index in [0.29, 0.717) is 24.2 Å². The number of unbranched alkanes of at least 4 members (excludes halogenated alkanes) is 1. The highest BCUT2D eigenvalue weighted by Crippen LogP contribution is 2.41. The minimum absolute atomic E-state index is 0.0357. The molecule has 1 aliphatic rings. The SMILES string of the molecule is CCCCS(=O)(=O)Oc1ccc(-c2sc3cc(O)ccc3c2C(=O)c2ccc(OCCN3CCCCC3)cc2)cc1. The number of hydrogen-bond acceptors (Lipinski definition) is 8. The van der Waals surface area contributed by atoms with Crippen molar-refractivity contribution in [1.82, 2.24) is 4.90 Å². The van der Waals surface area contributed by atoms with Crippen LogP contribution in [0.4, 0.5) is 0 Å². The van der Waals surface area contributed by atoms with E-state index in [0.717, 1.165) is 52.3 Å². The van der Waals surface area contributed by atoms with Crippen LogP contribution in [0.3, 0.4) is 0 Å². The van der Waals surface area contributed by atoms with Gasteiger partial charge in [0.1, 0.15) is 23.9 Å². The zero-order valence-electron chi connectivity index (χ0n) is 23.2. The standard InChI is InChI=1S/C32H35NO6S2/c1-2-3-21-41(36,37)39-27-14-9-24(10-15-27)32-30(28-16-11-25(34)22-29(28)40-32)31(35)23-7-12-26(13-8-23)38-20-19-33-17-5-4-6-18-33/h7-16,22,34H,2-6,17-21H2,1H3. The van der Waals surface area contributed by atoms with Gasteiger partial charge >= 0.3 is 10.1 Å². The van der Waals surface area contributed by atoms with Gasteiger partial charge in [-0.1, -0.05) is 19.8 Å². The summed E-state index contributed by atoms with van der Waals surface area (Å²) < 4.78 is 36.4. The van der Waals surface area contributed by atoms with Gasteiger partial charge in [0.05, 0.1) is 5.75 Å². The van der Waals surface area contributed by atoms with Crippen LogP contribution in [0.25, 0.3) is 20.5 Å². The van der Waals surface area contributed by atoms with Crippen LogP contribution >= 0.6 is 11.3 Å². The molecule has 1 N–H and O–H groups in total. The molecule has 0 amide bonds. The van der Waals surface area contributed by atoms with Crippen LogP contribution in [-0.2, 0) is 10.1 Å². The second kappa shape index (κ2) is 13.1. The number of carbonyl (C=O) groups is 1. The van der Waals surface area contributed by atoms with Gasteiger partial charge in [0.2, 0.25) is 0 Å². The third-order valence-electron chi connectivity index (χ3n) is 7.23. The molecule has 1 aromatic heterocycles. The van der Waals surface area contributed by atoms with Crippen molar-refractivity contribution in [3.63, 3.8) is 0 Å². The summed E-state index contributed by atoms with van der Waals surface area (Å²) in [5, 5.41) is 10.8. The highest BCUT2D eigenvalue weighted by Gasteiger charge is 2.22. The first-order valence-corrected chi connectivity index (χ1v) is 16.5. The van der Waals surface area contributed by atoms with Crippen molar-refractivity contribution in [1.29, 1.82) is 0 Å². The molecule has 0 radical (unpaired) electrons. The number of phenolic OH excluding ortho intramolecular Hbond substituents is 1. The van der Waals surface area contributed by atoms with Gasteiger partial charge in [0.25, 0.3) is 0 Å². The molecule has 7 nitrogen and oxygen atoms in total. The number of piperidine rings is 1. The zero-order valence-corrected chi connectivity index (χ0v) is 24.8. The number of ketones is 1. The molecule has 3 aromatic carbocycles. The van der Waals surface area contributed by atoms with Gasteiger partial charge in [-0.2, -0.15) is 8.42 Å². The quantitative estimate of drug-likeness (QED) is 0.141. The van der Waals surface area contributed by atoms with Crippen LogP contribution in [0.2, 0.25) is 0 Å². The van der Waals surface area contributed by atoms with Crippen LogP contribution < -0.4 is 8.92 Å². The smallest absolute Gasteiger partial charge is 0.309 e. The van der Waals surface area contributed by atoms with Crippen molar-refractivity contribution in [3.05, 3.63) is 77.9 Å². The van der Waals surface area contributed by atoms with Gasteiger partial charge in [-0.05, 0) is 105 Å². The number of phenols is 1. The predicted octanol–water partition coefficient (Wildman–Crippen LogP) is 6.88. The molecule has 0 spiro atoms. The van der Waals surface area contributed by atoms with Gasteiger partial charge in [0.15, 0.2) is 5.78 Å². The molecule has 41 heavy (non-hydrogen) atoms. The number of rotatable bonds is 12. The Balaban J connectivity index is 1.37. The number of nitrogens with zero attached hydrogens (tertiary/aromatic N) is 1. The molecule has 0 aliphatic carbocycles. The van der Waals surface area contributed by atoms with Gasteiger partial charge in [0, 0.05) is 32.6 Å². The third kappa shape index (κ3) is 7.28. The topological polar surface area (TPSA) is 93.1 Å². The number of thiophene rings is 1. The van der Waals surface area contributed by atoms with E-state index in [1.807, 2.05) is 19.1 Å². The Morgan fingerprint density at radius 1 is 0.951 bits per heavy atom. The molecule has 0 saturated carbocycles. The monoisotopic (exact) mass is 593 g/mol. The largest absolute Gasteiger partial charge is 0.508 e. The van der Waals surface area contributed by atoms with E-state index in [1.54, 1.807) is 54.6 Å². The second-order valence-electron chi connectivity index (χ2n) is 10.3. The Bertz CT molecular complexity index is 1590. The van der Waals surface area contributed by atoms with E-state index in [-0.39, 0.29) is 23.0 Å². The third-order valence-corrected chi connectivity index (χ3v) is 9.67. The lowest BCUT2D eigenvalue weighted by Gasteiger charge is -2.26. The summed E-state index contributed by atoms with van der Waals surface area (Å²) in [6.07, 6.45) is 5.09. The fraction of sp³-hybridized carbons (Fsp3) is 0.344. The zero-order chi connectivity index (χ0) is 28.8. The van der Waals surface area contributed by atoms with E-state index in [4.69, 9.17) is 8.92 Å². The number of likely N-dealkylation sites (tertiary alicyclic amines) is 1. The summed E-state index contributed by atoms with van der Waals surface area (Å²) in [5.41, 5.74) is 1.82. The molecule has 0 atom stereocenters. The molecule has 1 saturated heterocycles. The van der Waals surface area contributed by atoms with E-state index in [9.17, 15) is 18.3 Å². The van der Waals surface area contributed by atoms with E-state index >= 15 is 0 Å². The number of carbonyl (C=O) groups excluding carboxylic acids is 1. The predicted molar refractivity (Wildman–Crippen MR) is 164 cm³/mol. The maximum absolute atomic E-state index is 13.9. The summed E-state index contributed by atoms with van der Waals surface area (Å²) in [7, 11) is -3.66. The Kier molecular flexibility index (Phi) is 9.27. The van der Waals surface area contributed by atoms with Crippen molar-refractivity contribution in [2.24, 2.45) is 0 Å². The van der Waals surface area contributed by atoms with Crippen LogP contribution in [0.15, 0.2) is 66.7 Å². The molecule has 9 heteroatoms. The molecule has 1 fully saturated rings. The average molecular weight is 594 g/mol. The molecule has 216 valence electrons. The normalized spacial score (nSPS) is 14.3. The summed E-state index contributed by atoms with van der Waals surface area (Å²) in [4.78, 5) is 17.0. The van der Waals surface area contributed by atoms with Crippen molar-refractivity contribution >= 4 is 37.3 Å². The van der Waals surface area contributed by atoms with E-state index < -0.39 is 10.1 Å². The van der Waals surface area contributed by atoms with E-state index in [2.05, 4.69) is 4.90 Å². The van der Waals surface area contributed by atoms with Crippen molar-refractivity contribution in [3.8, 4) is 27.7 Å². The maximum atomic E-state index is 13.9. The number of hydrogen-bond donors (Lipinski definition) is 1. The molecule has 0 bridgehead atoms. The lowest BCUT2D eigenvalue weighted by molar-refractivity contribution is 0.104. The Morgan fingerprint density at radius 3 is 2.37 bits per heavy atom. The minimum Gasteiger partial charge on any atom is -0.508 e. The van der Waals surface area contributed by atoms with E-state index in [1.165, 1.54) is 30.6 Å². The first-order valence-electron chi connectivity index (χ1n) is 14.1. The second-order valence-corrected chi connectivity index (χ2v) is 13.1. The number of fused-ring (bicyclic) bond motifs is 1. The molecule has 1 aliphatic heterocycles. The number of benzene rings is 3. The average Bonchev–Trinajstić information content (AvgIpc) is 3.35. The molecule has 4 aromatic rings. The first-order chi connectivity index (χ1) is 19.8. The lowest BCUT2D eigenvalue weighted by Crippen LogP contribution is -2.33. The lowest BCUT2D eigenvalue weighted by atomic mass is 9.97. The van der Waals surface area contributed by atoms with Gasteiger partial charge in [-0.3, -0.25) is 9.69 Å². The maximum Gasteiger partial charge on any atom is 0.309 e. The summed E-state index contributed by atoms with van der Waals surface area (Å²) in [6.45, 7) is 5.67. The van der Waals surface area contributed by atoms with Crippen molar-refractivity contribution in [2.45, 2.75) is 39.0 Å². The Morgan fingerprint density at radius 2 is 1.66 bits per heavy atom. The first kappa shape index (κ1) is 29.1. The molecular weight excluding hydrogens is 558 g/mol. The van der Waals surface area contributed by atoms with Gasteiger partial charge in [-0.15, -0.1) is 11.3 Å². The van der Waals surface area contributed by atoms with Crippen molar-refractivity contribution in [2.75, 3.05) is 32.0 Å². The van der Waals surface area contributed by atoms with Gasteiger partial charge < -0.3 is 14.0 Å². The molecule has 5 rings (SSSR count). The van der Waals surface area contributed by atoms with Crippen LogP contribution in [0, 0.1) is 0 Å². The number of ether oxygens (including phenoxy) is 1. The fourth-order valence-corrected chi connectivity index (χ4v) is 7.38. The molecule has 2 heterocycles. The van der Waals surface area contributed by atoms with Crippen molar-refractivity contribution < 1.29 is 27.2 Å². The number of aromatic hydroxyl groups is 1. The van der Waals surface area contributed by atoms with Crippen LogP contribution in [-0.4, -0.2) is 56.2 Å².